The molecule has 4 aliphatic rings. The van der Waals surface area contributed by atoms with Crippen LogP contribution in [0.4, 0.5) is 23.1 Å². The number of hydrogen-bond acceptors (Lipinski definition) is 16. The molecule has 1 unspecified atom stereocenters. The van der Waals surface area contributed by atoms with Crippen LogP contribution in [0.3, 0.4) is 0 Å². The second-order valence-corrected chi connectivity index (χ2v) is 16.1. The molecule has 0 aliphatic carbocycles. The molecule has 4 amide bonds. The molecule has 0 bridgehead atoms. The fourth-order valence-electron chi connectivity index (χ4n) is 8.37. The second-order valence-electron chi connectivity index (χ2n) is 16.1. The molecular weight excluding hydrogens is 797 g/mol. The molecule has 318 valence electrons. The number of aryl methyl sites for hydroxylation is 1. The smallest absolute Gasteiger partial charge is 0.339 e. The van der Waals surface area contributed by atoms with Crippen molar-refractivity contribution in [3.8, 4) is 11.5 Å². The lowest BCUT2D eigenvalue weighted by Crippen LogP contribution is -2.54. The van der Waals surface area contributed by atoms with E-state index in [9.17, 15) is 29.1 Å². The van der Waals surface area contributed by atoms with Crippen LogP contribution in [-0.4, -0.2) is 110 Å². The van der Waals surface area contributed by atoms with Gasteiger partial charge < -0.3 is 29.8 Å². The summed E-state index contributed by atoms with van der Waals surface area (Å²) < 4.78 is 11.7. The van der Waals surface area contributed by atoms with Gasteiger partial charge >= 0.3 is 5.97 Å². The van der Waals surface area contributed by atoms with Gasteiger partial charge in [0.15, 0.2) is 0 Å². The third-order valence-corrected chi connectivity index (χ3v) is 11.7. The number of nitrogens with zero attached hydrogens (tertiary/aromatic N) is 7. The van der Waals surface area contributed by atoms with Crippen LogP contribution in [0.2, 0.25) is 0 Å². The van der Waals surface area contributed by atoms with Crippen LogP contribution >= 0.6 is 0 Å². The first-order valence-corrected chi connectivity index (χ1v) is 20.6. The second kappa shape index (κ2) is 16.4. The van der Waals surface area contributed by atoms with Crippen molar-refractivity contribution in [3.05, 3.63) is 107 Å². The summed E-state index contributed by atoms with van der Waals surface area (Å²) in [7, 11) is 0. The molecule has 2 saturated heterocycles. The van der Waals surface area contributed by atoms with Crippen LogP contribution < -0.4 is 20.9 Å². The Morgan fingerprint density at radius 2 is 1.68 bits per heavy atom. The van der Waals surface area contributed by atoms with Gasteiger partial charge in [0.05, 0.1) is 34.9 Å². The van der Waals surface area contributed by atoms with E-state index in [0.717, 1.165) is 47.8 Å². The maximum atomic E-state index is 13.4. The fraction of sp³-hybridized carbons (Fsp3) is 0.341. The van der Waals surface area contributed by atoms with Crippen molar-refractivity contribution in [2.75, 3.05) is 54.9 Å². The van der Waals surface area contributed by atoms with Gasteiger partial charge in [0.1, 0.15) is 17.5 Å². The molecule has 2 aromatic heterocycles. The zero-order chi connectivity index (χ0) is 43.1. The van der Waals surface area contributed by atoms with Crippen molar-refractivity contribution in [2.24, 2.45) is 0 Å². The highest BCUT2D eigenvalue weighted by Crippen LogP contribution is 2.38. The van der Waals surface area contributed by atoms with Gasteiger partial charge in [-0.05, 0) is 75.2 Å². The molecule has 0 saturated carbocycles. The molecule has 6 heterocycles. The number of benzene rings is 3. The minimum absolute atomic E-state index is 0.0678. The number of esters is 1. The number of cyclic esters (lactones) is 1. The molecule has 0 radical (unpaired) electrons. The molecule has 4 aliphatic heterocycles. The number of fused-ring (bicyclic) bond motifs is 2. The molecule has 2 fully saturated rings. The molecule has 62 heavy (non-hydrogen) atoms. The summed E-state index contributed by atoms with van der Waals surface area (Å²) in [5.74, 6) is -1.15. The Bertz CT molecular complexity index is 2590. The van der Waals surface area contributed by atoms with E-state index >= 15 is 0 Å². The number of anilines is 4. The summed E-state index contributed by atoms with van der Waals surface area (Å²) in [6.07, 6.45) is 3.05. The number of carbonyl (C=O) groups is 5. The van der Waals surface area contributed by atoms with Gasteiger partial charge in [0.25, 0.3) is 17.7 Å². The first-order valence-electron chi connectivity index (χ1n) is 20.6. The van der Waals surface area contributed by atoms with Crippen molar-refractivity contribution in [3.63, 3.8) is 0 Å². The highest BCUT2D eigenvalue weighted by Gasteiger charge is 2.45. The lowest BCUT2D eigenvalue weighted by molar-refractivity contribution is -0.136. The van der Waals surface area contributed by atoms with Gasteiger partial charge in [0, 0.05) is 62.2 Å². The van der Waals surface area contributed by atoms with Gasteiger partial charge in [0.2, 0.25) is 23.7 Å². The third kappa shape index (κ3) is 7.85. The molecule has 18 nitrogen and oxygen atoms in total. The average molecular weight is 841 g/mol. The van der Waals surface area contributed by atoms with E-state index in [4.69, 9.17) is 14.1 Å². The van der Waals surface area contributed by atoms with E-state index in [2.05, 4.69) is 40.9 Å². The summed E-state index contributed by atoms with van der Waals surface area (Å²) >= 11 is 0. The zero-order valence-corrected chi connectivity index (χ0v) is 34.1. The Labute approximate surface area is 355 Å². The number of carbonyl (C=O) groups excluding carboxylic acids is 5. The number of piperazine rings is 1. The van der Waals surface area contributed by atoms with Gasteiger partial charge in [-0.25, -0.2) is 9.78 Å². The highest BCUT2D eigenvalue weighted by molar-refractivity contribution is 6.23. The number of ether oxygens (including phenoxy) is 1. The number of rotatable bonds is 13. The van der Waals surface area contributed by atoms with E-state index in [1.54, 1.807) is 30.5 Å². The Kier molecular flexibility index (Phi) is 10.7. The first kappa shape index (κ1) is 40.4. The van der Waals surface area contributed by atoms with Crippen molar-refractivity contribution >= 4 is 52.7 Å². The lowest BCUT2D eigenvalue weighted by Gasteiger charge is -2.36. The van der Waals surface area contributed by atoms with Crippen LogP contribution in [0.25, 0.3) is 11.5 Å². The predicted molar refractivity (Wildman–Crippen MR) is 223 cm³/mol. The molecule has 3 aromatic carbocycles. The SMILES string of the molecule is CC1(C)OC(=O)c2ccc(Nc3ncc(-c4nnc(CCCN5CCN(c6ccc7c(c6)C(=O)N(C6CCC(=O)NC6=O)C7=O)CC5)o4)c(N[C@H](CO)c4ccccc4)n3)cc21. The summed E-state index contributed by atoms with van der Waals surface area (Å²) in [6.45, 7) is 7.21. The van der Waals surface area contributed by atoms with Crippen LogP contribution in [-0.2, 0) is 26.3 Å². The van der Waals surface area contributed by atoms with Crippen LogP contribution in [0.5, 0.6) is 0 Å². The van der Waals surface area contributed by atoms with Gasteiger partial charge in [-0.3, -0.25) is 34.3 Å². The van der Waals surface area contributed by atoms with Gasteiger partial charge in [-0.15, -0.1) is 10.2 Å². The van der Waals surface area contributed by atoms with Crippen LogP contribution in [0.15, 0.2) is 77.3 Å². The quantitative estimate of drug-likeness (QED) is 0.0972. The van der Waals surface area contributed by atoms with E-state index in [-0.39, 0.29) is 48.4 Å². The fourth-order valence-corrected chi connectivity index (χ4v) is 8.37. The van der Waals surface area contributed by atoms with Crippen LogP contribution in [0.1, 0.15) is 87.2 Å². The number of aliphatic hydroxyl groups excluding tert-OH is 1. The molecule has 5 aromatic rings. The molecule has 18 heteroatoms. The standard InChI is InChI=1S/C44H44N10O8/c1-44(2)32-21-26(10-12-29(32)42(60)62-44)46-43-45-23-31(37(49-43)47-33(24-55)25-7-4-3-5-8-25)39-51-50-36(61-39)9-6-16-52-17-19-53(20-18-52)27-11-13-28-30(22-27)41(59)54(40(28)58)34-14-15-35(56)48-38(34)57/h3-5,7-8,10-13,21-23,33-34,55H,6,9,14-20,24H2,1-2H3,(H,48,56,57)(H2,45,46,47,49)/t33-,34?/m1/s1. The maximum absolute atomic E-state index is 13.4. The molecule has 0 spiro atoms. The Morgan fingerprint density at radius 1 is 0.903 bits per heavy atom. The van der Waals surface area contributed by atoms with E-state index in [0.29, 0.717) is 48.0 Å². The zero-order valence-electron chi connectivity index (χ0n) is 34.1. The molecule has 4 N–H and O–H groups in total. The van der Waals surface area contributed by atoms with E-state index < -0.39 is 41.3 Å². The van der Waals surface area contributed by atoms with Gasteiger partial charge in [-0.2, -0.15) is 4.98 Å². The number of nitrogens with one attached hydrogen (secondary N) is 3. The van der Waals surface area contributed by atoms with Gasteiger partial charge in [-0.1, -0.05) is 30.3 Å². The van der Waals surface area contributed by atoms with E-state index in [1.165, 1.54) is 0 Å². The minimum Gasteiger partial charge on any atom is -0.451 e. The number of aromatic nitrogens is 4. The Morgan fingerprint density at radius 3 is 2.45 bits per heavy atom. The number of imide groups is 2. The molecule has 2 atom stereocenters. The monoisotopic (exact) mass is 840 g/mol. The summed E-state index contributed by atoms with van der Waals surface area (Å²) in [5.41, 5.74) is 3.80. The predicted octanol–water partition coefficient (Wildman–Crippen LogP) is 3.98. The molecule has 9 rings (SSSR count). The number of hydrogen-bond donors (Lipinski definition) is 4. The maximum Gasteiger partial charge on any atom is 0.339 e. The first-order chi connectivity index (χ1) is 29.9. The lowest BCUT2D eigenvalue weighted by atomic mass is 9.95. The normalized spacial score (nSPS) is 19.0. The van der Waals surface area contributed by atoms with E-state index in [1.807, 2.05) is 56.3 Å². The van der Waals surface area contributed by atoms with Crippen molar-refractivity contribution in [2.45, 2.75) is 57.2 Å². The minimum atomic E-state index is -1.00. The summed E-state index contributed by atoms with van der Waals surface area (Å²) in [4.78, 5) is 77.8. The highest BCUT2D eigenvalue weighted by atomic mass is 16.6. The largest absolute Gasteiger partial charge is 0.451 e. The van der Waals surface area contributed by atoms with Crippen LogP contribution in [0, 0.1) is 0 Å². The Balaban J connectivity index is 0.833. The third-order valence-electron chi connectivity index (χ3n) is 11.7. The number of amides is 4. The van der Waals surface area contributed by atoms with Crippen molar-refractivity contribution in [1.29, 1.82) is 0 Å². The Hall–Kier alpha value is -7.05. The number of aliphatic hydroxyl groups is 1. The molecular formula is C44H44N10O8. The number of piperidine rings is 1. The van der Waals surface area contributed by atoms with Crippen molar-refractivity contribution < 1.29 is 38.2 Å². The topological polar surface area (TPSA) is 225 Å². The van der Waals surface area contributed by atoms with Crippen molar-refractivity contribution in [1.82, 2.24) is 35.3 Å². The summed E-state index contributed by atoms with van der Waals surface area (Å²) in [6, 6.07) is 18.5. The summed E-state index contributed by atoms with van der Waals surface area (Å²) in [5, 5.41) is 27.9. The average Bonchev–Trinajstić information content (AvgIpc) is 3.91.